The molecule has 0 aliphatic carbocycles. The highest BCUT2D eigenvalue weighted by Gasteiger charge is 2.33. The van der Waals surface area contributed by atoms with Crippen LogP contribution in [0.15, 0.2) is 79.3 Å². The number of carbonyl (C=O) groups is 1. The first-order valence-corrected chi connectivity index (χ1v) is 11.2. The molecule has 5 aromatic rings. The van der Waals surface area contributed by atoms with Crippen molar-refractivity contribution in [2.45, 2.75) is 26.9 Å². The van der Waals surface area contributed by atoms with Gasteiger partial charge >= 0.3 is 0 Å². The summed E-state index contributed by atoms with van der Waals surface area (Å²) in [5.74, 6) is 0.794. The van der Waals surface area contributed by atoms with Gasteiger partial charge in [-0.05, 0) is 61.4 Å². The fourth-order valence-corrected chi connectivity index (χ4v) is 4.33. The normalized spacial score (nSPS) is 12.8. The minimum Gasteiger partial charge on any atom is -0.327 e. The lowest BCUT2D eigenvalue weighted by atomic mass is 10.1. The van der Waals surface area contributed by atoms with Crippen LogP contribution in [0, 0.1) is 13.8 Å². The maximum atomic E-state index is 13.3. The maximum Gasteiger partial charge on any atom is 0.276 e. The molecule has 0 bridgehead atoms. The zero-order valence-corrected chi connectivity index (χ0v) is 19.0. The van der Waals surface area contributed by atoms with E-state index in [1.807, 2.05) is 59.5 Å². The number of amides is 1. The van der Waals surface area contributed by atoms with Gasteiger partial charge in [-0.3, -0.25) is 4.79 Å². The molecule has 1 aliphatic rings. The van der Waals surface area contributed by atoms with Crippen LogP contribution < -0.4 is 0 Å². The Kier molecular flexibility index (Phi) is 4.65. The molecular weight excluding hydrogens is 426 g/mol. The number of hydrogen-bond donors (Lipinski definition) is 0. The zero-order valence-electron chi connectivity index (χ0n) is 19.0. The number of hydrogen-bond acceptors (Lipinski definition) is 4. The molecule has 0 saturated heterocycles. The van der Waals surface area contributed by atoms with Crippen LogP contribution in [-0.4, -0.2) is 40.1 Å². The second-order valence-corrected chi connectivity index (χ2v) is 8.54. The SMILES string of the molecule is Cc1ccc(-n2nc3c(c2-n2cccc2)CN(C(=O)c2cnn(-c4ccccc4)n2)C3)cc1C. The highest BCUT2D eigenvalue weighted by atomic mass is 16.2. The van der Waals surface area contributed by atoms with Gasteiger partial charge in [-0.25, -0.2) is 4.68 Å². The van der Waals surface area contributed by atoms with Crippen LogP contribution >= 0.6 is 0 Å². The van der Waals surface area contributed by atoms with E-state index in [0.29, 0.717) is 18.8 Å². The second kappa shape index (κ2) is 7.84. The Bertz CT molecular complexity index is 1500. The predicted octanol–water partition coefficient (Wildman–Crippen LogP) is 4.02. The predicted molar refractivity (Wildman–Crippen MR) is 127 cm³/mol. The number of fused-ring (bicyclic) bond motifs is 1. The van der Waals surface area contributed by atoms with Crippen molar-refractivity contribution >= 4 is 5.91 Å². The molecule has 1 amide bonds. The number of benzene rings is 2. The molecule has 2 aromatic carbocycles. The number of aromatic nitrogens is 6. The largest absolute Gasteiger partial charge is 0.327 e. The van der Waals surface area contributed by atoms with Gasteiger partial charge in [0, 0.05) is 18.0 Å². The summed E-state index contributed by atoms with van der Waals surface area (Å²) in [6.45, 7) is 5.10. The summed E-state index contributed by atoms with van der Waals surface area (Å²) in [7, 11) is 0. The van der Waals surface area contributed by atoms with Gasteiger partial charge in [0.2, 0.25) is 0 Å². The molecule has 1 aliphatic heterocycles. The first-order chi connectivity index (χ1) is 16.6. The summed E-state index contributed by atoms with van der Waals surface area (Å²) in [5, 5.41) is 13.6. The van der Waals surface area contributed by atoms with Gasteiger partial charge in [-0.1, -0.05) is 24.3 Å². The Labute approximate surface area is 196 Å². The molecule has 0 unspecified atom stereocenters. The van der Waals surface area contributed by atoms with E-state index in [1.54, 1.807) is 4.90 Å². The van der Waals surface area contributed by atoms with E-state index < -0.39 is 0 Å². The molecule has 4 heterocycles. The van der Waals surface area contributed by atoms with Crippen molar-refractivity contribution in [3.8, 4) is 17.2 Å². The number of nitrogens with zero attached hydrogens (tertiary/aromatic N) is 7. The molecule has 34 heavy (non-hydrogen) atoms. The third-order valence-corrected chi connectivity index (χ3v) is 6.30. The summed E-state index contributed by atoms with van der Waals surface area (Å²) >= 11 is 0. The van der Waals surface area contributed by atoms with E-state index in [0.717, 1.165) is 28.5 Å². The summed E-state index contributed by atoms with van der Waals surface area (Å²) in [4.78, 5) is 16.5. The molecular formula is C26H23N7O. The van der Waals surface area contributed by atoms with Crippen molar-refractivity contribution in [2.75, 3.05) is 0 Å². The lowest BCUT2D eigenvalue weighted by molar-refractivity contribution is 0.0742. The smallest absolute Gasteiger partial charge is 0.276 e. The summed E-state index contributed by atoms with van der Waals surface area (Å²) in [6, 6.07) is 19.9. The molecule has 0 radical (unpaired) electrons. The fourth-order valence-electron chi connectivity index (χ4n) is 4.33. The van der Waals surface area contributed by atoms with Gasteiger partial charge in [0.25, 0.3) is 5.91 Å². The molecule has 0 N–H and O–H groups in total. The van der Waals surface area contributed by atoms with E-state index in [4.69, 9.17) is 5.10 Å². The van der Waals surface area contributed by atoms with Gasteiger partial charge in [0.15, 0.2) is 5.69 Å². The van der Waals surface area contributed by atoms with Crippen LogP contribution in [0.25, 0.3) is 17.2 Å². The highest BCUT2D eigenvalue weighted by molar-refractivity contribution is 5.92. The van der Waals surface area contributed by atoms with Crippen LogP contribution in [0.2, 0.25) is 0 Å². The third-order valence-electron chi connectivity index (χ3n) is 6.30. The molecule has 6 rings (SSSR count). The fraction of sp³-hybridized carbons (Fsp3) is 0.154. The monoisotopic (exact) mass is 449 g/mol. The van der Waals surface area contributed by atoms with E-state index in [1.165, 1.54) is 22.1 Å². The van der Waals surface area contributed by atoms with Gasteiger partial charge < -0.3 is 9.47 Å². The van der Waals surface area contributed by atoms with Crippen molar-refractivity contribution in [2.24, 2.45) is 0 Å². The molecule has 0 spiro atoms. The molecule has 0 fully saturated rings. The minimum absolute atomic E-state index is 0.156. The quantitative estimate of drug-likeness (QED) is 0.415. The summed E-state index contributed by atoms with van der Waals surface area (Å²) in [6.07, 6.45) is 5.53. The first-order valence-electron chi connectivity index (χ1n) is 11.2. The third kappa shape index (κ3) is 3.31. The number of rotatable bonds is 4. The summed E-state index contributed by atoms with van der Waals surface area (Å²) < 4.78 is 4.03. The van der Waals surface area contributed by atoms with Crippen molar-refractivity contribution in [3.63, 3.8) is 0 Å². The minimum atomic E-state index is -0.156. The van der Waals surface area contributed by atoms with Gasteiger partial charge in [-0.2, -0.15) is 15.0 Å². The first kappa shape index (κ1) is 20.2. The lowest BCUT2D eigenvalue weighted by Gasteiger charge is -2.16. The van der Waals surface area contributed by atoms with Crippen molar-refractivity contribution in [1.29, 1.82) is 0 Å². The number of para-hydroxylation sites is 1. The molecule has 3 aromatic heterocycles. The Morgan fingerprint density at radius 3 is 2.41 bits per heavy atom. The molecule has 168 valence electrons. The topological polar surface area (TPSA) is 73.8 Å². The molecule has 8 nitrogen and oxygen atoms in total. The Morgan fingerprint density at radius 2 is 1.65 bits per heavy atom. The molecule has 8 heteroatoms. The van der Waals surface area contributed by atoms with E-state index >= 15 is 0 Å². The summed E-state index contributed by atoms with van der Waals surface area (Å²) in [5.41, 5.74) is 6.52. The second-order valence-electron chi connectivity index (χ2n) is 8.54. The Balaban J connectivity index is 1.33. The Hall–Kier alpha value is -4.46. The molecule has 0 atom stereocenters. The number of aryl methyl sites for hydroxylation is 2. The van der Waals surface area contributed by atoms with E-state index in [2.05, 4.69) is 46.8 Å². The van der Waals surface area contributed by atoms with Crippen LogP contribution in [0.1, 0.15) is 32.9 Å². The Morgan fingerprint density at radius 1 is 0.853 bits per heavy atom. The molecule has 0 saturated carbocycles. The van der Waals surface area contributed by atoms with Crippen molar-refractivity contribution < 1.29 is 4.79 Å². The standard InChI is InChI=1S/C26H23N7O/c1-18-10-11-21(14-19(18)2)32-25(30-12-6-7-13-30)22-16-31(17-24(22)28-32)26(34)23-15-27-33(29-23)20-8-4-3-5-9-20/h3-15H,16-17H2,1-2H3. The van der Waals surface area contributed by atoms with Gasteiger partial charge in [-0.15, -0.1) is 5.10 Å². The zero-order chi connectivity index (χ0) is 23.2. The van der Waals surface area contributed by atoms with Crippen LogP contribution in [-0.2, 0) is 13.1 Å². The van der Waals surface area contributed by atoms with Crippen LogP contribution in [0.4, 0.5) is 0 Å². The number of carbonyl (C=O) groups excluding carboxylic acids is 1. The van der Waals surface area contributed by atoms with E-state index in [-0.39, 0.29) is 5.91 Å². The van der Waals surface area contributed by atoms with Crippen LogP contribution in [0.3, 0.4) is 0 Å². The van der Waals surface area contributed by atoms with Crippen molar-refractivity contribution in [1.82, 2.24) is 34.2 Å². The average molecular weight is 450 g/mol. The van der Waals surface area contributed by atoms with Gasteiger partial charge in [0.1, 0.15) is 5.82 Å². The average Bonchev–Trinajstić information content (AvgIpc) is 3.64. The lowest BCUT2D eigenvalue weighted by Crippen LogP contribution is -2.27. The van der Waals surface area contributed by atoms with Crippen LogP contribution in [0.5, 0.6) is 0 Å². The van der Waals surface area contributed by atoms with Gasteiger partial charge in [0.05, 0.1) is 36.4 Å². The van der Waals surface area contributed by atoms with E-state index in [9.17, 15) is 4.79 Å². The van der Waals surface area contributed by atoms with Crippen molar-refractivity contribution in [3.05, 3.63) is 107 Å². The maximum absolute atomic E-state index is 13.3. The highest BCUT2D eigenvalue weighted by Crippen LogP contribution is 2.31.